The molecule has 2 aliphatic rings. The van der Waals surface area contributed by atoms with Gasteiger partial charge in [-0.2, -0.15) is 5.10 Å². The molecule has 1 aromatic heterocycles. The van der Waals surface area contributed by atoms with E-state index in [1.54, 1.807) is 11.8 Å². The van der Waals surface area contributed by atoms with E-state index in [9.17, 15) is 4.79 Å². The minimum atomic E-state index is -0.466. The number of carbonyl (C=O) groups excluding carboxylic acids is 1. The fraction of sp³-hybridized carbons (Fsp3) is 0.400. The van der Waals surface area contributed by atoms with Gasteiger partial charge in [-0.25, -0.2) is 9.48 Å². The summed E-state index contributed by atoms with van der Waals surface area (Å²) in [7, 11) is 0. The average molecular weight is 351 g/mol. The quantitative estimate of drug-likeness (QED) is 0.856. The summed E-state index contributed by atoms with van der Waals surface area (Å²) in [6, 6.07) is 9.77. The summed E-state index contributed by atoms with van der Waals surface area (Å²) in [6.07, 6.45) is 6.55. The van der Waals surface area contributed by atoms with Gasteiger partial charge in [-0.3, -0.25) is 0 Å². The molecule has 4 atom stereocenters. The number of likely N-dealkylation sites (tertiary alicyclic amines) is 1. The Labute approximate surface area is 152 Å². The van der Waals surface area contributed by atoms with E-state index in [1.165, 1.54) is 0 Å². The zero-order valence-corrected chi connectivity index (χ0v) is 14.6. The number of benzene rings is 1. The van der Waals surface area contributed by atoms with Gasteiger partial charge in [0.25, 0.3) is 0 Å². The van der Waals surface area contributed by atoms with Crippen LogP contribution in [0.15, 0.2) is 36.5 Å². The van der Waals surface area contributed by atoms with E-state index in [4.69, 9.17) is 21.4 Å². The van der Waals surface area contributed by atoms with Gasteiger partial charge in [0, 0.05) is 30.8 Å². The highest BCUT2D eigenvalue weighted by atomic mass is 16.6. The molecule has 1 saturated heterocycles. The molecule has 0 spiro atoms. The fourth-order valence-electron chi connectivity index (χ4n) is 3.77. The van der Waals surface area contributed by atoms with E-state index in [-0.39, 0.29) is 12.7 Å². The van der Waals surface area contributed by atoms with Crippen LogP contribution in [0, 0.1) is 24.2 Å². The highest BCUT2D eigenvalue weighted by Crippen LogP contribution is 2.57. The first-order valence-corrected chi connectivity index (χ1v) is 8.79. The molecule has 1 unspecified atom stereocenters. The second-order valence-corrected chi connectivity index (χ2v) is 7.01. The maximum absolute atomic E-state index is 12.0. The molecule has 0 radical (unpaired) electrons. The van der Waals surface area contributed by atoms with Gasteiger partial charge in [0.05, 0.1) is 18.0 Å². The summed E-state index contributed by atoms with van der Waals surface area (Å²) in [5, 5.41) is 13.7. The van der Waals surface area contributed by atoms with Gasteiger partial charge in [0.2, 0.25) is 0 Å². The van der Waals surface area contributed by atoms with Gasteiger partial charge >= 0.3 is 6.09 Å². The van der Waals surface area contributed by atoms with Crippen LogP contribution in [0.2, 0.25) is 0 Å². The van der Waals surface area contributed by atoms with Crippen molar-refractivity contribution in [1.29, 1.82) is 0 Å². The minimum absolute atomic E-state index is 0.158. The van der Waals surface area contributed by atoms with E-state index >= 15 is 0 Å². The van der Waals surface area contributed by atoms with Crippen molar-refractivity contribution in [3.05, 3.63) is 47.8 Å². The molecule has 1 saturated carbocycles. The van der Waals surface area contributed by atoms with Crippen LogP contribution in [0.4, 0.5) is 4.79 Å². The molecule has 6 heteroatoms. The van der Waals surface area contributed by atoms with Crippen LogP contribution in [0.5, 0.6) is 0 Å². The maximum atomic E-state index is 12.0. The number of aliphatic hydroxyl groups excluding tert-OH is 1. The average Bonchev–Trinajstić information content (AvgIpc) is 3.06. The molecule has 1 aromatic carbocycles. The summed E-state index contributed by atoms with van der Waals surface area (Å²) in [6.45, 7) is 2.90. The van der Waals surface area contributed by atoms with Crippen LogP contribution < -0.4 is 0 Å². The summed E-state index contributed by atoms with van der Waals surface area (Å²) in [5.74, 6) is 3.90. The Hall–Kier alpha value is -2.78. The SMILES string of the molecule is C#Cc1ccc(-n2ccc(C3[C@H]4CN(C(=O)O[C@H](C)CO)C[C@@H]34)n2)cc1. The van der Waals surface area contributed by atoms with Gasteiger partial charge < -0.3 is 14.7 Å². The number of rotatable bonds is 4. The smallest absolute Gasteiger partial charge is 0.410 e. The van der Waals surface area contributed by atoms with E-state index in [2.05, 4.69) is 12.0 Å². The second-order valence-electron chi connectivity index (χ2n) is 7.01. The number of aromatic nitrogens is 2. The van der Waals surface area contributed by atoms with Gasteiger partial charge in [-0.05, 0) is 49.1 Å². The number of amides is 1. The molecule has 2 fully saturated rings. The Morgan fingerprint density at radius 1 is 1.35 bits per heavy atom. The first kappa shape index (κ1) is 16.7. The molecular formula is C20H21N3O3. The van der Waals surface area contributed by atoms with Crippen LogP contribution in [-0.4, -0.2) is 51.7 Å². The number of hydrogen-bond donors (Lipinski definition) is 1. The number of carbonyl (C=O) groups is 1. The zero-order chi connectivity index (χ0) is 18.3. The number of nitrogens with zero attached hydrogens (tertiary/aromatic N) is 3. The van der Waals surface area contributed by atoms with Gasteiger partial charge in [0.1, 0.15) is 6.10 Å². The van der Waals surface area contributed by atoms with E-state index < -0.39 is 6.10 Å². The molecule has 2 aromatic rings. The van der Waals surface area contributed by atoms with Crippen molar-refractivity contribution in [3.63, 3.8) is 0 Å². The number of terminal acetylenes is 1. The minimum Gasteiger partial charge on any atom is -0.444 e. The Morgan fingerprint density at radius 3 is 2.65 bits per heavy atom. The monoisotopic (exact) mass is 351 g/mol. The lowest BCUT2D eigenvalue weighted by Gasteiger charge is -2.21. The van der Waals surface area contributed by atoms with Crippen molar-refractivity contribution < 1.29 is 14.6 Å². The molecule has 1 N–H and O–H groups in total. The largest absolute Gasteiger partial charge is 0.444 e. The van der Waals surface area contributed by atoms with Crippen LogP contribution in [-0.2, 0) is 4.74 Å². The maximum Gasteiger partial charge on any atom is 0.410 e. The molecule has 0 bridgehead atoms. The standard InChI is InChI=1S/C20H21N3O3/c1-3-14-4-6-15(7-5-14)23-9-8-18(21-23)19-16-10-22(11-17(16)19)20(25)26-13(2)12-24/h1,4-9,13,16-17,19,24H,10-12H2,2H3/t13-,16-,17+,19?/m1/s1. The van der Waals surface area contributed by atoms with E-state index in [0.717, 1.165) is 16.9 Å². The highest BCUT2D eigenvalue weighted by Gasteiger charge is 2.58. The molecular weight excluding hydrogens is 330 g/mol. The summed E-state index contributed by atoms with van der Waals surface area (Å²) < 4.78 is 7.04. The van der Waals surface area contributed by atoms with Crippen molar-refractivity contribution >= 4 is 6.09 Å². The second kappa shape index (κ2) is 6.50. The molecule has 1 aliphatic heterocycles. The van der Waals surface area contributed by atoms with Crippen molar-refractivity contribution in [2.75, 3.05) is 19.7 Å². The van der Waals surface area contributed by atoms with Crippen molar-refractivity contribution in [2.24, 2.45) is 11.8 Å². The Kier molecular flexibility index (Phi) is 4.17. The van der Waals surface area contributed by atoms with E-state index in [1.807, 2.05) is 35.1 Å². The highest BCUT2D eigenvalue weighted by molar-refractivity contribution is 5.68. The molecule has 1 amide bonds. The lowest BCUT2D eigenvalue weighted by atomic mass is 10.2. The molecule has 4 rings (SSSR count). The number of ether oxygens (including phenoxy) is 1. The van der Waals surface area contributed by atoms with Gasteiger partial charge in [0.15, 0.2) is 0 Å². The Bertz CT molecular complexity index is 840. The fourth-order valence-corrected chi connectivity index (χ4v) is 3.77. The number of fused-ring (bicyclic) bond motifs is 1. The number of aliphatic hydroxyl groups is 1. The predicted octanol–water partition coefficient (Wildman–Crippen LogP) is 2.02. The van der Waals surface area contributed by atoms with Crippen molar-refractivity contribution in [1.82, 2.24) is 14.7 Å². The molecule has 2 heterocycles. The first-order valence-electron chi connectivity index (χ1n) is 8.79. The van der Waals surface area contributed by atoms with Crippen LogP contribution in [0.25, 0.3) is 5.69 Å². The molecule has 134 valence electrons. The van der Waals surface area contributed by atoms with Crippen LogP contribution in [0.3, 0.4) is 0 Å². The van der Waals surface area contributed by atoms with Crippen molar-refractivity contribution in [2.45, 2.75) is 18.9 Å². The Balaban J connectivity index is 1.38. The summed E-state index contributed by atoms with van der Waals surface area (Å²) in [4.78, 5) is 13.8. The third-order valence-corrected chi connectivity index (χ3v) is 5.26. The summed E-state index contributed by atoms with van der Waals surface area (Å²) in [5.41, 5.74) is 2.89. The van der Waals surface area contributed by atoms with Gasteiger partial charge in [-0.15, -0.1) is 6.42 Å². The molecule has 6 nitrogen and oxygen atoms in total. The van der Waals surface area contributed by atoms with Crippen LogP contribution >= 0.6 is 0 Å². The van der Waals surface area contributed by atoms with E-state index in [0.29, 0.717) is 30.8 Å². The lowest BCUT2D eigenvalue weighted by molar-refractivity contribution is 0.0441. The molecule has 1 aliphatic carbocycles. The predicted molar refractivity (Wildman–Crippen MR) is 95.8 cm³/mol. The zero-order valence-electron chi connectivity index (χ0n) is 14.6. The topological polar surface area (TPSA) is 67.6 Å². The lowest BCUT2D eigenvalue weighted by Crippen LogP contribution is -2.34. The van der Waals surface area contributed by atoms with Crippen molar-refractivity contribution in [3.8, 4) is 18.0 Å². The third-order valence-electron chi connectivity index (χ3n) is 5.26. The number of hydrogen-bond acceptors (Lipinski definition) is 4. The molecule has 26 heavy (non-hydrogen) atoms. The normalized spacial score (nSPS) is 24.7. The first-order chi connectivity index (χ1) is 12.6. The van der Waals surface area contributed by atoms with Crippen LogP contribution in [0.1, 0.15) is 24.1 Å². The third kappa shape index (κ3) is 2.95. The van der Waals surface area contributed by atoms with Gasteiger partial charge in [-0.1, -0.05) is 5.92 Å². The summed E-state index contributed by atoms with van der Waals surface area (Å²) >= 11 is 0. The number of piperidine rings is 1. The Morgan fingerprint density at radius 2 is 2.04 bits per heavy atom.